The average molecular weight is 231 g/mol. The summed E-state index contributed by atoms with van der Waals surface area (Å²) in [5.74, 6) is 0. The molecule has 0 unspecified atom stereocenters. The van der Waals surface area contributed by atoms with Crippen LogP contribution in [-0.2, 0) is 0 Å². The number of rotatable bonds is 2. The maximum atomic E-state index is 3.55. The molecule has 2 N–H and O–H groups in total. The Labute approximate surface area is 103 Å². The zero-order valence-electron chi connectivity index (χ0n) is 10.3. The van der Waals surface area contributed by atoms with Gasteiger partial charge in [-0.05, 0) is 37.1 Å². The molecule has 0 amide bonds. The summed E-state index contributed by atoms with van der Waals surface area (Å²) in [6.07, 6.45) is 2.59. The fourth-order valence-electron chi connectivity index (χ4n) is 2.81. The van der Waals surface area contributed by atoms with Gasteiger partial charge in [0.15, 0.2) is 0 Å². The minimum atomic E-state index is 0.590. The number of nitrogens with one attached hydrogen (secondary N) is 2. The summed E-state index contributed by atoms with van der Waals surface area (Å²) in [5, 5.41) is 6.94. The van der Waals surface area contributed by atoms with Crippen LogP contribution in [0, 0.1) is 0 Å². The van der Waals surface area contributed by atoms with Gasteiger partial charge < -0.3 is 15.5 Å². The monoisotopic (exact) mass is 231 g/mol. The summed E-state index contributed by atoms with van der Waals surface area (Å²) in [5.41, 5.74) is 2.81. The molecule has 0 spiro atoms. The van der Waals surface area contributed by atoms with E-state index in [-0.39, 0.29) is 0 Å². The molecule has 3 rings (SSSR count). The number of benzene rings is 1. The first-order valence-electron chi connectivity index (χ1n) is 6.72. The number of nitrogens with zero attached hydrogens (tertiary/aromatic N) is 1. The van der Waals surface area contributed by atoms with Crippen LogP contribution in [0.25, 0.3) is 0 Å². The summed E-state index contributed by atoms with van der Waals surface area (Å²) >= 11 is 0. The number of hydrogen-bond acceptors (Lipinski definition) is 3. The lowest BCUT2D eigenvalue weighted by Gasteiger charge is -2.29. The predicted octanol–water partition coefficient (Wildman–Crippen LogP) is 1.52. The van der Waals surface area contributed by atoms with Gasteiger partial charge in [-0.3, -0.25) is 0 Å². The van der Waals surface area contributed by atoms with Gasteiger partial charge in [0.1, 0.15) is 0 Å². The average Bonchev–Trinajstić information content (AvgIpc) is 2.94. The Kier molecular flexibility index (Phi) is 3.29. The van der Waals surface area contributed by atoms with Crippen molar-refractivity contribution in [3.05, 3.63) is 29.8 Å². The van der Waals surface area contributed by atoms with Crippen LogP contribution in [0.3, 0.4) is 0 Å². The SMILES string of the molecule is c1cc(N2CCNCC2)ccc1[C@@H]1CCCN1. The molecule has 2 fully saturated rings. The van der Waals surface area contributed by atoms with Gasteiger partial charge in [-0.2, -0.15) is 0 Å². The first kappa shape index (κ1) is 11.1. The Hall–Kier alpha value is -1.06. The molecule has 0 radical (unpaired) electrons. The molecule has 0 aliphatic carbocycles. The zero-order valence-corrected chi connectivity index (χ0v) is 10.3. The molecule has 2 saturated heterocycles. The molecule has 1 aromatic rings. The van der Waals surface area contributed by atoms with Crippen molar-refractivity contribution >= 4 is 5.69 Å². The number of anilines is 1. The minimum absolute atomic E-state index is 0.590. The highest BCUT2D eigenvalue weighted by molar-refractivity contribution is 5.48. The van der Waals surface area contributed by atoms with Crippen molar-refractivity contribution in [3.8, 4) is 0 Å². The highest BCUT2D eigenvalue weighted by atomic mass is 15.2. The van der Waals surface area contributed by atoms with Crippen LogP contribution in [0.5, 0.6) is 0 Å². The quantitative estimate of drug-likeness (QED) is 0.808. The Morgan fingerprint density at radius 3 is 2.41 bits per heavy atom. The van der Waals surface area contributed by atoms with Crippen LogP contribution in [0.2, 0.25) is 0 Å². The van der Waals surface area contributed by atoms with E-state index in [1.807, 2.05) is 0 Å². The zero-order chi connectivity index (χ0) is 11.5. The van der Waals surface area contributed by atoms with E-state index in [0.29, 0.717) is 6.04 Å². The van der Waals surface area contributed by atoms with E-state index in [2.05, 4.69) is 39.8 Å². The molecule has 17 heavy (non-hydrogen) atoms. The van der Waals surface area contributed by atoms with E-state index in [4.69, 9.17) is 0 Å². The van der Waals surface area contributed by atoms with E-state index in [1.54, 1.807) is 0 Å². The van der Waals surface area contributed by atoms with Crippen LogP contribution >= 0.6 is 0 Å². The molecular weight excluding hydrogens is 210 g/mol. The van der Waals surface area contributed by atoms with E-state index < -0.39 is 0 Å². The predicted molar refractivity (Wildman–Crippen MR) is 71.5 cm³/mol. The van der Waals surface area contributed by atoms with E-state index in [1.165, 1.54) is 30.6 Å². The molecule has 1 aromatic carbocycles. The van der Waals surface area contributed by atoms with Crippen LogP contribution in [-0.4, -0.2) is 32.7 Å². The third-order valence-electron chi connectivity index (χ3n) is 3.84. The maximum Gasteiger partial charge on any atom is 0.0367 e. The first-order chi connectivity index (χ1) is 8.43. The van der Waals surface area contributed by atoms with Crippen molar-refractivity contribution in [2.75, 3.05) is 37.6 Å². The maximum absolute atomic E-state index is 3.55. The fourth-order valence-corrected chi connectivity index (χ4v) is 2.81. The van der Waals surface area contributed by atoms with Gasteiger partial charge >= 0.3 is 0 Å². The minimum Gasteiger partial charge on any atom is -0.369 e. The molecule has 1 atom stereocenters. The van der Waals surface area contributed by atoms with E-state index in [0.717, 1.165) is 26.2 Å². The third-order valence-corrected chi connectivity index (χ3v) is 3.84. The van der Waals surface area contributed by atoms with Crippen molar-refractivity contribution in [2.45, 2.75) is 18.9 Å². The summed E-state index contributed by atoms with van der Waals surface area (Å²) < 4.78 is 0. The highest BCUT2D eigenvalue weighted by Gasteiger charge is 2.16. The molecule has 0 aromatic heterocycles. The fraction of sp³-hybridized carbons (Fsp3) is 0.571. The van der Waals surface area contributed by atoms with Gasteiger partial charge in [0.25, 0.3) is 0 Å². The lowest BCUT2D eigenvalue weighted by molar-refractivity contribution is 0.589. The standard InChI is InChI=1S/C14H21N3/c1-2-14(16-7-1)12-3-5-13(6-4-12)17-10-8-15-9-11-17/h3-6,14-16H,1-2,7-11H2/t14-/m0/s1. The van der Waals surface area contributed by atoms with Crippen LogP contribution in [0.15, 0.2) is 24.3 Å². The largest absolute Gasteiger partial charge is 0.369 e. The molecule has 2 heterocycles. The van der Waals surface area contributed by atoms with Gasteiger partial charge in [-0.1, -0.05) is 12.1 Å². The van der Waals surface area contributed by atoms with Crippen molar-refractivity contribution in [1.82, 2.24) is 10.6 Å². The summed E-state index contributed by atoms with van der Waals surface area (Å²) in [4.78, 5) is 2.46. The van der Waals surface area contributed by atoms with Crippen molar-refractivity contribution < 1.29 is 0 Å². The molecule has 92 valence electrons. The van der Waals surface area contributed by atoms with E-state index in [9.17, 15) is 0 Å². The lowest BCUT2D eigenvalue weighted by Crippen LogP contribution is -2.43. The number of hydrogen-bond donors (Lipinski definition) is 2. The molecule has 0 saturated carbocycles. The lowest BCUT2D eigenvalue weighted by atomic mass is 10.0. The molecule has 3 heteroatoms. The summed E-state index contributed by atoms with van der Waals surface area (Å²) in [6.45, 7) is 5.63. The molecule has 3 nitrogen and oxygen atoms in total. The Morgan fingerprint density at radius 2 is 1.76 bits per heavy atom. The second-order valence-corrected chi connectivity index (χ2v) is 4.98. The van der Waals surface area contributed by atoms with Crippen LogP contribution in [0.4, 0.5) is 5.69 Å². The van der Waals surface area contributed by atoms with Gasteiger partial charge in [0, 0.05) is 37.9 Å². The van der Waals surface area contributed by atoms with Crippen molar-refractivity contribution in [3.63, 3.8) is 0 Å². The second-order valence-electron chi connectivity index (χ2n) is 4.98. The first-order valence-corrected chi connectivity index (χ1v) is 6.72. The van der Waals surface area contributed by atoms with E-state index >= 15 is 0 Å². The Morgan fingerprint density at radius 1 is 1.00 bits per heavy atom. The van der Waals surface area contributed by atoms with Gasteiger partial charge in [-0.15, -0.1) is 0 Å². The number of piperazine rings is 1. The van der Waals surface area contributed by atoms with Crippen LogP contribution < -0.4 is 15.5 Å². The normalized spacial score (nSPS) is 25.2. The summed E-state index contributed by atoms with van der Waals surface area (Å²) in [6, 6.07) is 9.73. The third kappa shape index (κ3) is 2.45. The highest BCUT2D eigenvalue weighted by Crippen LogP contribution is 2.25. The van der Waals surface area contributed by atoms with Gasteiger partial charge in [-0.25, -0.2) is 0 Å². The second kappa shape index (κ2) is 5.07. The molecular formula is C14H21N3. The Bertz CT molecular complexity index is 348. The molecule has 2 aliphatic rings. The van der Waals surface area contributed by atoms with Gasteiger partial charge in [0.05, 0.1) is 0 Å². The summed E-state index contributed by atoms with van der Waals surface area (Å²) in [7, 11) is 0. The van der Waals surface area contributed by atoms with Crippen molar-refractivity contribution in [1.29, 1.82) is 0 Å². The topological polar surface area (TPSA) is 27.3 Å². The van der Waals surface area contributed by atoms with Crippen molar-refractivity contribution in [2.24, 2.45) is 0 Å². The molecule has 2 aliphatic heterocycles. The smallest absolute Gasteiger partial charge is 0.0367 e. The van der Waals surface area contributed by atoms with Gasteiger partial charge in [0.2, 0.25) is 0 Å². The molecule has 0 bridgehead atoms. The Balaban J connectivity index is 1.70. The van der Waals surface area contributed by atoms with Crippen LogP contribution in [0.1, 0.15) is 24.4 Å².